The van der Waals surface area contributed by atoms with Crippen molar-refractivity contribution in [2.75, 3.05) is 6.61 Å². The molecule has 1 fully saturated rings. The third kappa shape index (κ3) is 6.33. The van der Waals surface area contributed by atoms with Crippen LogP contribution in [0.2, 0.25) is 0 Å². The van der Waals surface area contributed by atoms with E-state index in [2.05, 4.69) is 41.7 Å². The zero-order valence-electron chi connectivity index (χ0n) is 19.1. The number of nitrogens with one attached hydrogen (secondary N) is 1. The molecule has 176 valence electrons. The number of carbonyl (C=O) groups excluding carboxylic acids is 1. The fraction of sp³-hybridized carbons (Fsp3) is 0.310. The SMILES string of the molecule is O=C(C[C@@H](CC1CC1c1ccc(-c2ccccc2)cc1)C(=O)O)N[C@H](CO)Cc1ccccc1. The minimum atomic E-state index is -0.941. The summed E-state index contributed by atoms with van der Waals surface area (Å²) in [5.41, 5.74) is 4.57. The summed E-state index contributed by atoms with van der Waals surface area (Å²) in [5.74, 6) is -1.38. The molecule has 1 aliphatic rings. The lowest BCUT2D eigenvalue weighted by molar-refractivity contribution is -0.144. The van der Waals surface area contributed by atoms with Crippen LogP contribution in [0.3, 0.4) is 0 Å². The summed E-state index contributed by atoms with van der Waals surface area (Å²) in [6.45, 7) is -0.192. The number of aliphatic hydroxyl groups is 1. The van der Waals surface area contributed by atoms with E-state index in [1.807, 2.05) is 48.5 Å². The van der Waals surface area contributed by atoms with Gasteiger partial charge in [0.2, 0.25) is 5.91 Å². The van der Waals surface area contributed by atoms with Gasteiger partial charge in [-0.2, -0.15) is 0 Å². The molecule has 1 amide bonds. The van der Waals surface area contributed by atoms with E-state index in [-0.39, 0.29) is 24.9 Å². The van der Waals surface area contributed by atoms with Crippen molar-refractivity contribution in [1.29, 1.82) is 0 Å². The fourth-order valence-electron chi connectivity index (χ4n) is 4.68. The molecule has 5 nitrogen and oxygen atoms in total. The minimum Gasteiger partial charge on any atom is -0.481 e. The number of carboxylic acids is 1. The third-order valence-electron chi connectivity index (χ3n) is 6.65. The van der Waals surface area contributed by atoms with E-state index in [0.29, 0.717) is 18.8 Å². The molecule has 1 saturated carbocycles. The number of amides is 1. The summed E-state index contributed by atoms with van der Waals surface area (Å²) in [4.78, 5) is 24.4. The highest BCUT2D eigenvalue weighted by atomic mass is 16.4. The van der Waals surface area contributed by atoms with Crippen molar-refractivity contribution < 1.29 is 19.8 Å². The smallest absolute Gasteiger partial charge is 0.307 e. The summed E-state index contributed by atoms with van der Waals surface area (Å²) in [5, 5.41) is 22.2. The normalized spacial score (nSPS) is 18.6. The van der Waals surface area contributed by atoms with E-state index in [4.69, 9.17) is 0 Å². The molecule has 0 saturated heterocycles. The summed E-state index contributed by atoms with van der Waals surface area (Å²) < 4.78 is 0. The molecular weight excluding hydrogens is 426 g/mol. The van der Waals surface area contributed by atoms with Crippen LogP contribution in [-0.2, 0) is 16.0 Å². The number of hydrogen-bond acceptors (Lipinski definition) is 3. The molecule has 1 aliphatic carbocycles. The number of aliphatic hydroxyl groups excluding tert-OH is 1. The maximum absolute atomic E-state index is 12.6. The average molecular weight is 458 g/mol. The van der Waals surface area contributed by atoms with Gasteiger partial charge in [0.15, 0.2) is 0 Å². The molecule has 4 atom stereocenters. The zero-order valence-corrected chi connectivity index (χ0v) is 19.1. The van der Waals surface area contributed by atoms with Crippen molar-refractivity contribution in [3.8, 4) is 11.1 Å². The molecule has 3 aromatic rings. The van der Waals surface area contributed by atoms with Gasteiger partial charge in [0.25, 0.3) is 0 Å². The second-order valence-corrected chi connectivity index (χ2v) is 9.20. The van der Waals surface area contributed by atoms with E-state index in [0.717, 1.165) is 17.5 Å². The maximum Gasteiger partial charge on any atom is 0.307 e. The van der Waals surface area contributed by atoms with Gasteiger partial charge in [0.05, 0.1) is 18.6 Å². The van der Waals surface area contributed by atoms with Gasteiger partial charge in [-0.3, -0.25) is 9.59 Å². The van der Waals surface area contributed by atoms with Crippen molar-refractivity contribution in [2.24, 2.45) is 11.8 Å². The number of benzene rings is 3. The lowest BCUT2D eigenvalue weighted by Crippen LogP contribution is -2.40. The molecule has 0 aromatic heterocycles. The molecule has 0 aliphatic heterocycles. The van der Waals surface area contributed by atoms with Crippen LogP contribution in [0.4, 0.5) is 0 Å². The summed E-state index contributed by atoms with van der Waals surface area (Å²) in [6.07, 6.45) is 1.86. The van der Waals surface area contributed by atoms with E-state index in [1.54, 1.807) is 0 Å². The van der Waals surface area contributed by atoms with E-state index in [1.165, 1.54) is 11.1 Å². The van der Waals surface area contributed by atoms with E-state index >= 15 is 0 Å². The maximum atomic E-state index is 12.6. The highest BCUT2D eigenvalue weighted by Crippen LogP contribution is 2.51. The lowest BCUT2D eigenvalue weighted by Gasteiger charge is -2.18. The largest absolute Gasteiger partial charge is 0.481 e. The van der Waals surface area contributed by atoms with E-state index in [9.17, 15) is 19.8 Å². The lowest BCUT2D eigenvalue weighted by atomic mass is 9.95. The summed E-state index contributed by atoms with van der Waals surface area (Å²) in [6, 6.07) is 27.9. The Balaban J connectivity index is 1.29. The summed E-state index contributed by atoms with van der Waals surface area (Å²) in [7, 11) is 0. The van der Waals surface area contributed by atoms with Gasteiger partial charge in [-0.1, -0.05) is 84.9 Å². The Hall–Kier alpha value is -3.44. The second-order valence-electron chi connectivity index (χ2n) is 9.20. The molecule has 3 aromatic carbocycles. The second kappa shape index (κ2) is 11.1. The first-order chi connectivity index (χ1) is 16.5. The minimum absolute atomic E-state index is 0.0726. The van der Waals surface area contributed by atoms with Crippen LogP contribution in [0, 0.1) is 11.8 Å². The van der Waals surface area contributed by atoms with Crippen LogP contribution < -0.4 is 5.32 Å². The Morgan fingerprint density at radius 2 is 1.50 bits per heavy atom. The predicted molar refractivity (Wildman–Crippen MR) is 132 cm³/mol. The number of rotatable bonds is 11. The number of carbonyl (C=O) groups is 2. The summed E-state index contributed by atoms with van der Waals surface area (Å²) >= 11 is 0. The van der Waals surface area contributed by atoms with Crippen molar-refractivity contribution in [3.63, 3.8) is 0 Å². The highest BCUT2D eigenvalue weighted by Gasteiger charge is 2.41. The van der Waals surface area contributed by atoms with Gasteiger partial charge in [-0.05, 0) is 53.4 Å². The van der Waals surface area contributed by atoms with Crippen LogP contribution in [0.1, 0.15) is 36.3 Å². The van der Waals surface area contributed by atoms with Crippen LogP contribution >= 0.6 is 0 Å². The quantitative estimate of drug-likeness (QED) is 0.391. The fourth-order valence-corrected chi connectivity index (χ4v) is 4.68. The van der Waals surface area contributed by atoms with Crippen molar-refractivity contribution in [3.05, 3.63) is 96.1 Å². The Labute approximate surface area is 200 Å². The first-order valence-corrected chi connectivity index (χ1v) is 11.9. The Bertz CT molecular complexity index is 1080. The molecule has 5 heteroatoms. The van der Waals surface area contributed by atoms with Crippen LogP contribution in [-0.4, -0.2) is 34.7 Å². The number of aliphatic carboxylic acids is 1. The topological polar surface area (TPSA) is 86.6 Å². The van der Waals surface area contributed by atoms with Crippen LogP contribution in [0.15, 0.2) is 84.9 Å². The van der Waals surface area contributed by atoms with Gasteiger partial charge in [-0.15, -0.1) is 0 Å². The number of carboxylic acid groups (broad SMARTS) is 1. The van der Waals surface area contributed by atoms with E-state index < -0.39 is 17.9 Å². The molecule has 3 N–H and O–H groups in total. The molecule has 34 heavy (non-hydrogen) atoms. The molecular formula is C29H31NO4. The molecule has 0 radical (unpaired) electrons. The van der Waals surface area contributed by atoms with Gasteiger partial charge < -0.3 is 15.5 Å². The molecule has 2 unspecified atom stereocenters. The molecule has 0 bridgehead atoms. The van der Waals surface area contributed by atoms with Crippen LogP contribution in [0.25, 0.3) is 11.1 Å². The third-order valence-corrected chi connectivity index (χ3v) is 6.65. The molecule has 0 spiro atoms. The van der Waals surface area contributed by atoms with Crippen molar-refractivity contribution in [2.45, 2.75) is 37.6 Å². The Kier molecular flexibility index (Phi) is 7.76. The highest BCUT2D eigenvalue weighted by molar-refractivity contribution is 5.82. The van der Waals surface area contributed by atoms with Crippen molar-refractivity contribution >= 4 is 11.9 Å². The number of hydrogen-bond donors (Lipinski definition) is 3. The Morgan fingerprint density at radius 1 is 0.882 bits per heavy atom. The van der Waals surface area contributed by atoms with Gasteiger partial charge in [-0.25, -0.2) is 0 Å². The monoisotopic (exact) mass is 457 g/mol. The van der Waals surface area contributed by atoms with Crippen LogP contribution in [0.5, 0.6) is 0 Å². The Morgan fingerprint density at radius 3 is 2.12 bits per heavy atom. The zero-order chi connectivity index (χ0) is 23.9. The predicted octanol–water partition coefficient (Wildman–Crippen LogP) is 4.66. The first-order valence-electron chi connectivity index (χ1n) is 11.9. The van der Waals surface area contributed by atoms with Gasteiger partial charge in [0.1, 0.15) is 0 Å². The van der Waals surface area contributed by atoms with Gasteiger partial charge >= 0.3 is 5.97 Å². The standard InChI is InChI=1S/C29H31NO4/c31-19-26(15-20-7-3-1-4-8-20)30-28(32)18-25(29(33)34)16-24-17-27(24)23-13-11-22(12-14-23)21-9-5-2-6-10-21/h1-14,24-27,31H,15-19H2,(H,30,32)(H,33,34)/t24?,25-,26+,27?/m1/s1. The molecule has 4 rings (SSSR count). The first kappa shape index (κ1) is 23.7. The van der Waals surface area contributed by atoms with Gasteiger partial charge in [0, 0.05) is 6.42 Å². The molecule has 0 heterocycles. The van der Waals surface area contributed by atoms with Crippen molar-refractivity contribution in [1.82, 2.24) is 5.32 Å². The average Bonchev–Trinajstić information content (AvgIpc) is 3.63.